The number of carbonyl (C=O) groups is 3. The Morgan fingerprint density at radius 3 is 2.70 bits per heavy atom. The van der Waals surface area contributed by atoms with Crippen LogP contribution >= 0.6 is 36.0 Å². The number of hydrogen-bond acceptors (Lipinski definition) is 8. The first-order valence-electron chi connectivity index (χ1n) is 10.1. The van der Waals surface area contributed by atoms with Gasteiger partial charge in [0, 0.05) is 23.5 Å². The number of thiol groups is 1. The van der Waals surface area contributed by atoms with Crippen molar-refractivity contribution in [1.29, 1.82) is 0 Å². The molecule has 2 aliphatic heterocycles. The van der Waals surface area contributed by atoms with Crippen LogP contribution in [0.5, 0.6) is 0 Å². The molecule has 10 nitrogen and oxygen atoms in total. The van der Waals surface area contributed by atoms with Gasteiger partial charge in [-0.2, -0.15) is 24.4 Å². The van der Waals surface area contributed by atoms with Gasteiger partial charge in [0.2, 0.25) is 15.9 Å². The molecular weight excluding hydrogens is 512 g/mol. The first-order chi connectivity index (χ1) is 15.4. The molecule has 14 heteroatoms. The summed E-state index contributed by atoms with van der Waals surface area (Å²) in [6.45, 7) is 2.07. The number of carboxylic acid groups (broad SMARTS) is 1. The van der Waals surface area contributed by atoms with Crippen LogP contribution in [0.2, 0.25) is 5.02 Å². The third-order valence-electron chi connectivity index (χ3n) is 5.54. The number of fused-ring (bicyclic) bond motifs is 1. The van der Waals surface area contributed by atoms with Gasteiger partial charge in [-0.3, -0.25) is 9.59 Å². The van der Waals surface area contributed by atoms with Crippen molar-refractivity contribution in [3.8, 4) is 0 Å². The van der Waals surface area contributed by atoms with E-state index in [4.69, 9.17) is 16.7 Å². The Hall–Kier alpha value is -1.67. The van der Waals surface area contributed by atoms with E-state index in [-0.39, 0.29) is 32.6 Å². The Kier molecular flexibility index (Phi) is 8.10. The highest BCUT2D eigenvalue weighted by Crippen LogP contribution is 2.32. The Morgan fingerprint density at radius 2 is 2.09 bits per heavy atom. The zero-order valence-corrected chi connectivity index (χ0v) is 20.9. The fourth-order valence-corrected chi connectivity index (χ4v) is 6.34. The summed E-state index contributed by atoms with van der Waals surface area (Å²) in [5, 5.41) is 20.4. The van der Waals surface area contributed by atoms with Gasteiger partial charge in [0.25, 0.3) is 5.91 Å². The molecule has 2 unspecified atom stereocenters. The standard InChI is InChI=1S/C19H25ClN4O6S3/c1-9(8-31)18(26)24-7-10(4-14(24)19(27)28)32-3-2-16-22-13-6-12(20)15(33(21,29)30)5-11(13)17(25)23-16/h5-6,9-10,14,16,22,31H,2-4,7-8H2,1H3,(H,23,25)(H,27,28)(H2,21,29,30)/t9?,10-,14-,16?/m0/s1. The summed E-state index contributed by atoms with van der Waals surface area (Å²) in [5.41, 5.74) is 0.523. The number of rotatable bonds is 8. The largest absolute Gasteiger partial charge is 0.480 e. The van der Waals surface area contributed by atoms with Crippen molar-refractivity contribution in [2.45, 2.75) is 42.1 Å². The van der Waals surface area contributed by atoms with Crippen molar-refractivity contribution < 1.29 is 27.9 Å². The number of aliphatic carboxylic acids is 1. The second-order valence-corrected chi connectivity index (χ2v) is 11.7. The van der Waals surface area contributed by atoms with Gasteiger partial charge in [-0.25, -0.2) is 18.4 Å². The van der Waals surface area contributed by atoms with E-state index in [2.05, 4.69) is 23.3 Å². The molecule has 4 atom stereocenters. The lowest BCUT2D eigenvalue weighted by molar-refractivity contribution is -0.149. The monoisotopic (exact) mass is 536 g/mol. The second kappa shape index (κ2) is 10.3. The maximum atomic E-state index is 12.5. The molecule has 0 bridgehead atoms. The number of thioether (sulfide) groups is 1. The molecule has 5 N–H and O–H groups in total. The molecule has 182 valence electrons. The Balaban J connectivity index is 1.60. The van der Waals surface area contributed by atoms with E-state index in [1.807, 2.05) is 0 Å². The number of carboxylic acids is 1. The molecule has 1 aromatic rings. The minimum absolute atomic E-state index is 0.0412. The van der Waals surface area contributed by atoms with E-state index in [1.54, 1.807) is 18.7 Å². The number of nitrogens with two attached hydrogens (primary N) is 1. The lowest BCUT2D eigenvalue weighted by Crippen LogP contribution is -2.45. The number of nitrogens with one attached hydrogen (secondary N) is 2. The molecule has 0 radical (unpaired) electrons. The number of benzene rings is 1. The number of nitrogens with zero attached hydrogens (tertiary/aromatic N) is 1. The third kappa shape index (κ3) is 5.88. The molecule has 1 aromatic carbocycles. The zero-order valence-electron chi connectivity index (χ0n) is 17.7. The van der Waals surface area contributed by atoms with Crippen molar-refractivity contribution in [3.05, 3.63) is 22.7 Å². The van der Waals surface area contributed by atoms with Crippen LogP contribution in [0.3, 0.4) is 0 Å². The van der Waals surface area contributed by atoms with Crippen LogP contribution in [-0.2, 0) is 19.6 Å². The fraction of sp³-hybridized carbons (Fsp3) is 0.526. The van der Waals surface area contributed by atoms with Gasteiger partial charge in [-0.05, 0) is 30.7 Å². The summed E-state index contributed by atoms with van der Waals surface area (Å²) < 4.78 is 23.3. The summed E-state index contributed by atoms with van der Waals surface area (Å²) >= 11 is 11.7. The van der Waals surface area contributed by atoms with E-state index in [9.17, 15) is 27.9 Å². The lowest BCUT2D eigenvalue weighted by atomic mass is 10.1. The molecule has 1 saturated heterocycles. The predicted octanol–water partition coefficient (Wildman–Crippen LogP) is 1.21. The number of carbonyl (C=O) groups excluding carboxylic acids is 2. The number of primary sulfonamides is 1. The van der Waals surface area contributed by atoms with Gasteiger partial charge in [-0.15, -0.1) is 0 Å². The van der Waals surface area contributed by atoms with Crippen molar-refractivity contribution in [2.24, 2.45) is 11.1 Å². The van der Waals surface area contributed by atoms with Gasteiger partial charge in [0.05, 0.1) is 22.4 Å². The number of hydrogen-bond donors (Lipinski definition) is 5. The summed E-state index contributed by atoms with van der Waals surface area (Å²) in [4.78, 5) is 37.7. The molecule has 2 amide bonds. The third-order valence-corrected chi connectivity index (χ3v) is 8.75. The van der Waals surface area contributed by atoms with Crippen LogP contribution in [0.1, 0.15) is 30.1 Å². The van der Waals surface area contributed by atoms with Crippen molar-refractivity contribution >= 4 is 69.5 Å². The summed E-state index contributed by atoms with van der Waals surface area (Å²) in [7, 11) is -4.07. The quantitative estimate of drug-likeness (QED) is 0.310. The van der Waals surface area contributed by atoms with Crippen LogP contribution in [0.25, 0.3) is 0 Å². The molecule has 0 saturated carbocycles. The molecule has 1 fully saturated rings. The molecule has 3 rings (SSSR count). The smallest absolute Gasteiger partial charge is 0.326 e. The Labute approximate surface area is 206 Å². The first kappa shape index (κ1) is 25.9. The van der Waals surface area contributed by atoms with Crippen molar-refractivity contribution in [1.82, 2.24) is 10.2 Å². The number of halogens is 1. The maximum absolute atomic E-state index is 12.5. The SMILES string of the molecule is CC(CS)C(=O)N1C[C@@H](SCCC2NC(=O)c3cc(S(N)(=O)=O)c(Cl)cc3N2)C[C@H]1C(=O)O. The number of sulfonamides is 1. The number of amides is 2. The average molecular weight is 537 g/mol. The molecule has 0 spiro atoms. The van der Waals surface area contributed by atoms with E-state index < -0.39 is 34.1 Å². The topological polar surface area (TPSA) is 159 Å². The Bertz CT molecular complexity index is 1070. The maximum Gasteiger partial charge on any atom is 0.326 e. The van der Waals surface area contributed by atoms with Crippen LogP contribution in [0.4, 0.5) is 5.69 Å². The fourth-order valence-electron chi connectivity index (χ4n) is 3.79. The van der Waals surface area contributed by atoms with E-state index in [0.717, 1.165) is 6.07 Å². The molecule has 33 heavy (non-hydrogen) atoms. The van der Waals surface area contributed by atoms with Gasteiger partial charge in [-0.1, -0.05) is 18.5 Å². The van der Waals surface area contributed by atoms with E-state index in [0.29, 0.717) is 36.6 Å². The van der Waals surface area contributed by atoms with Crippen molar-refractivity contribution in [3.63, 3.8) is 0 Å². The highest BCUT2D eigenvalue weighted by atomic mass is 35.5. The Morgan fingerprint density at radius 1 is 1.39 bits per heavy atom. The van der Waals surface area contributed by atoms with Crippen LogP contribution in [0.15, 0.2) is 17.0 Å². The second-order valence-electron chi connectivity index (χ2n) is 7.99. The summed E-state index contributed by atoms with van der Waals surface area (Å²) in [5.74, 6) is -1.11. The minimum Gasteiger partial charge on any atom is -0.480 e. The van der Waals surface area contributed by atoms with Crippen LogP contribution in [-0.4, -0.2) is 71.7 Å². The van der Waals surface area contributed by atoms with E-state index >= 15 is 0 Å². The van der Waals surface area contributed by atoms with Gasteiger partial charge in [0.15, 0.2) is 0 Å². The van der Waals surface area contributed by atoms with Gasteiger partial charge >= 0.3 is 5.97 Å². The lowest BCUT2D eigenvalue weighted by Gasteiger charge is -2.28. The predicted molar refractivity (Wildman–Crippen MR) is 129 cm³/mol. The average Bonchev–Trinajstić information content (AvgIpc) is 3.15. The molecule has 0 aromatic heterocycles. The summed E-state index contributed by atoms with van der Waals surface area (Å²) in [6, 6.07) is 1.64. The number of likely N-dealkylation sites (tertiary alicyclic amines) is 1. The van der Waals surface area contributed by atoms with E-state index in [1.165, 1.54) is 11.0 Å². The van der Waals surface area contributed by atoms with Gasteiger partial charge < -0.3 is 20.6 Å². The molecule has 0 aliphatic carbocycles. The molecular formula is C19H25ClN4O6S3. The van der Waals surface area contributed by atoms with Crippen LogP contribution in [0, 0.1) is 5.92 Å². The first-order valence-corrected chi connectivity index (χ1v) is 13.7. The minimum atomic E-state index is -4.07. The van der Waals surface area contributed by atoms with Crippen molar-refractivity contribution in [2.75, 3.05) is 23.4 Å². The van der Waals surface area contributed by atoms with Crippen LogP contribution < -0.4 is 15.8 Å². The van der Waals surface area contributed by atoms with Gasteiger partial charge in [0.1, 0.15) is 10.9 Å². The molecule has 2 heterocycles. The highest BCUT2D eigenvalue weighted by Gasteiger charge is 2.41. The normalized spacial score (nSPS) is 23.5. The molecule has 2 aliphatic rings. The highest BCUT2D eigenvalue weighted by molar-refractivity contribution is 7.99. The number of anilines is 1. The summed E-state index contributed by atoms with van der Waals surface area (Å²) in [6.07, 6.45) is 0.441. The zero-order chi connectivity index (χ0) is 24.5.